The third-order valence-corrected chi connectivity index (χ3v) is 3.91. The molecule has 1 heterocycles. The standard InChI is InChI=1S/C21H26N4O4/c1-13(2)25-19(23-20(27)29-21(3,4)5)18(22-6)17(24-25)15-10-8-14(9-11-15)12-16(26)28-7/h8-11,13H,12H2,1-5,7H3,(H,23,27). The summed E-state index contributed by atoms with van der Waals surface area (Å²) in [4.78, 5) is 27.3. The van der Waals surface area contributed by atoms with Gasteiger partial charge in [0.05, 0.1) is 20.1 Å². The third-order valence-electron chi connectivity index (χ3n) is 3.91. The molecular formula is C21H26N4O4. The van der Waals surface area contributed by atoms with Gasteiger partial charge in [0.1, 0.15) is 17.1 Å². The van der Waals surface area contributed by atoms with Crippen LogP contribution in [-0.2, 0) is 20.7 Å². The van der Waals surface area contributed by atoms with E-state index in [1.54, 1.807) is 49.7 Å². The molecule has 0 fully saturated rings. The van der Waals surface area contributed by atoms with Crippen LogP contribution < -0.4 is 5.32 Å². The van der Waals surface area contributed by atoms with E-state index in [0.29, 0.717) is 11.3 Å². The number of carbonyl (C=O) groups excluding carboxylic acids is 2. The Bertz CT molecular complexity index is 931. The van der Waals surface area contributed by atoms with Gasteiger partial charge in [-0.15, -0.1) is 0 Å². The fourth-order valence-corrected chi connectivity index (χ4v) is 2.64. The lowest BCUT2D eigenvalue weighted by atomic mass is 10.1. The van der Waals surface area contributed by atoms with Gasteiger partial charge in [-0.1, -0.05) is 24.3 Å². The number of benzene rings is 1. The van der Waals surface area contributed by atoms with Crippen molar-refractivity contribution in [3.8, 4) is 11.3 Å². The van der Waals surface area contributed by atoms with Crippen LogP contribution in [0.25, 0.3) is 16.1 Å². The molecule has 2 rings (SSSR count). The number of anilines is 1. The second kappa shape index (κ2) is 8.78. The Labute approximate surface area is 170 Å². The van der Waals surface area contributed by atoms with E-state index in [9.17, 15) is 9.59 Å². The number of carbonyl (C=O) groups is 2. The molecule has 0 saturated heterocycles. The van der Waals surface area contributed by atoms with Crippen molar-refractivity contribution in [3.63, 3.8) is 0 Å². The Kier molecular flexibility index (Phi) is 6.64. The number of hydrogen-bond acceptors (Lipinski definition) is 5. The molecular weight excluding hydrogens is 372 g/mol. The zero-order chi connectivity index (χ0) is 21.8. The Morgan fingerprint density at radius 2 is 1.86 bits per heavy atom. The molecule has 0 aliphatic rings. The first-order valence-corrected chi connectivity index (χ1v) is 9.21. The van der Waals surface area contributed by atoms with Crippen LogP contribution >= 0.6 is 0 Å². The van der Waals surface area contributed by atoms with Crippen LogP contribution in [0.15, 0.2) is 24.3 Å². The van der Waals surface area contributed by atoms with Crippen LogP contribution in [-0.4, -0.2) is 34.6 Å². The maximum Gasteiger partial charge on any atom is 0.412 e. The molecule has 8 nitrogen and oxygen atoms in total. The molecule has 29 heavy (non-hydrogen) atoms. The maximum atomic E-state index is 12.3. The number of aromatic nitrogens is 2. The average molecular weight is 398 g/mol. The minimum Gasteiger partial charge on any atom is -0.469 e. The summed E-state index contributed by atoms with van der Waals surface area (Å²) in [6.45, 7) is 16.7. The Morgan fingerprint density at radius 1 is 1.24 bits per heavy atom. The van der Waals surface area contributed by atoms with Crippen LogP contribution in [0.5, 0.6) is 0 Å². The number of ether oxygens (including phenoxy) is 2. The second-order valence-electron chi connectivity index (χ2n) is 7.77. The number of nitrogens with one attached hydrogen (secondary N) is 1. The van der Waals surface area contributed by atoms with Gasteiger partial charge in [-0.25, -0.2) is 9.64 Å². The molecule has 8 heteroatoms. The van der Waals surface area contributed by atoms with Gasteiger partial charge in [-0.2, -0.15) is 5.10 Å². The van der Waals surface area contributed by atoms with Crippen molar-refractivity contribution in [2.24, 2.45) is 0 Å². The highest BCUT2D eigenvalue weighted by molar-refractivity contribution is 5.93. The van der Waals surface area contributed by atoms with Gasteiger partial charge >= 0.3 is 12.1 Å². The molecule has 1 aromatic carbocycles. The Hall–Kier alpha value is -3.34. The van der Waals surface area contributed by atoms with Crippen molar-refractivity contribution in [3.05, 3.63) is 41.2 Å². The molecule has 0 aliphatic carbocycles. The van der Waals surface area contributed by atoms with Crippen molar-refractivity contribution in [1.82, 2.24) is 9.78 Å². The van der Waals surface area contributed by atoms with Crippen molar-refractivity contribution in [1.29, 1.82) is 0 Å². The Balaban J connectivity index is 2.42. The fraction of sp³-hybridized carbons (Fsp3) is 0.429. The van der Waals surface area contributed by atoms with Gasteiger partial charge in [-0.3, -0.25) is 14.8 Å². The highest BCUT2D eigenvalue weighted by Gasteiger charge is 2.25. The number of nitrogens with zero attached hydrogens (tertiary/aromatic N) is 3. The summed E-state index contributed by atoms with van der Waals surface area (Å²) in [5.41, 5.74) is 1.51. The van der Waals surface area contributed by atoms with E-state index in [4.69, 9.17) is 11.3 Å². The van der Waals surface area contributed by atoms with E-state index in [1.807, 2.05) is 13.8 Å². The van der Waals surface area contributed by atoms with E-state index in [2.05, 4.69) is 20.0 Å². The van der Waals surface area contributed by atoms with Crippen molar-refractivity contribution in [2.75, 3.05) is 12.4 Å². The van der Waals surface area contributed by atoms with E-state index in [1.165, 1.54) is 7.11 Å². The normalized spacial score (nSPS) is 11.1. The first kappa shape index (κ1) is 22.0. The molecule has 0 aliphatic heterocycles. The third kappa shape index (κ3) is 5.57. The zero-order valence-electron chi connectivity index (χ0n) is 17.6. The maximum absolute atomic E-state index is 12.3. The van der Waals surface area contributed by atoms with Crippen LogP contribution in [0, 0.1) is 6.57 Å². The van der Waals surface area contributed by atoms with Gasteiger partial charge in [0.2, 0.25) is 0 Å². The number of rotatable bonds is 5. The van der Waals surface area contributed by atoms with Crippen LogP contribution in [0.2, 0.25) is 0 Å². The molecule has 0 radical (unpaired) electrons. The minimum atomic E-state index is -0.663. The molecule has 0 atom stereocenters. The monoisotopic (exact) mass is 398 g/mol. The topological polar surface area (TPSA) is 86.8 Å². The SMILES string of the molecule is [C-]#[N+]c1c(-c2ccc(CC(=O)OC)cc2)nn(C(C)C)c1NC(=O)OC(C)(C)C. The lowest BCUT2D eigenvalue weighted by molar-refractivity contribution is -0.139. The Morgan fingerprint density at radius 3 is 2.34 bits per heavy atom. The summed E-state index contributed by atoms with van der Waals surface area (Å²) in [6.07, 6.45) is -0.484. The smallest absolute Gasteiger partial charge is 0.412 e. The van der Waals surface area contributed by atoms with Crippen molar-refractivity contribution < 1.29 is 19.1 Å². The number of methoxy groups -OCH3 is 1. The van der Waals surface area contributed by atoms with Gasteiger partial charge in [0.25, 0.3) is 5.69 Å². The van der Waals surface area contributed by atoms with Crippen LogP contribution in [0.3, 0.4) is 0 Å². The summed E-state index contributed by atoms with van der Waals surface area (Å²) in [5.74, 6) is -0.0367. The summed E-state index contributed by atoms with van der Waals surface area (Å²) < 4.78 is 11.6. The summed E-state index contributed by atoms with van der Waals surface area (Å²) in [7, 11) is 1.34. The summed E-state index contributed by atoms with van der Waals surface area (Å²) >= 11 is 0. The van der Waals surface area contributed by atoms with Gasteiger partial charge < -0.3 is 9.47 Å². The average Bonchev–Trinajstić information content (AvgIpc) is 2.99. The lowest BCUT2D eigenvalue weighted by Gasteiger charge is -2.20. The second-order valence-corrected chi connectivity index (χ2v) is 7.77. The van der Waals surface area contributed by atoms with E-state index >= 15 is 0 Å². The van der Waals surface area contributed by atoms with E-state index < -0.39 is 11.7 Å². The molecule has 0 unspecified atom stereocenters. The van der Waals surface area contributed by atoms with Crippen molar-refractivity contribution >= 4 is 23.6 Å². The quantitative estimate of drug-likeness (QED) is 0.580. The number of amides is 1. The van der Waals surface area contributed by atoms with Gasteiger partial charge in [0, 0.05) is 6.04 Å². The van der Waals surface area contributed by atoms with Gasteiger partial charge in [-0.05, 0) is 45.7 Å². The van der Waals surface area contributed by atoms with Crippen LogP contribution in [0.4, 0.5) is 16.3 Å². The predicted molar refractivity (Wildman–Crippen MR) is 110 cm³/mol. The molecule has 0 spiro atoms. The minimum absolute atomic E-state index is 0.0900. The zero-order valence-corrected chi connectivity index (χ0v) is 17.6. The van der Waals surface area contributed by atoms with E-state index in [0.717, 1.165) is 5.56 Å². The largest absolute Gasteiger partial charge is 0.469 e. The molecule has 0 saturated carbocycles. The molecule has 2 aromatic rings. The summed E-state index contributed by atoms with van der Waals surface area (Å²) in [6, 6.07) is 7.06. The van der Waals surface area contributed by atoms with E-state index in [-0.39, 0.29) is 29.9 Å². The molecule has 1 N–H and O–H groups in total. The first-order valence-electron chi connectivity index (χ1n) is 9.21. The molecule has 154 valence electrons. The van der Waals surface area contributed by atoms with Gasteiger partial charge in [0.15, 0.2) is 0 Å². The highest BCUT2D eigenvalue weighted by atomic mass is 16.6. The molecule has 1 amide bonds. The van der Waals surface area contributed by atoms with Crippen LogP contribution in [0.1, 0.15) is 46.2 Å². The van der Waals surface area contributed by atoms with Crippen molar-refractivity contribution in [2.45, 2.75) is 52.7 Å². The first-order chi connectivity index (χ1) is 13.6. The number of esters is 1. The summed E-state index contributed by atoms with van der Waals surface area (Å²) in [5, 5.41) is 7.22. The molecule has 1 aromatic heterocycles. The fourth-order valence-electron chi connectivity index (χ4n) is 2.64. The lowest BCUT2D eigenvalue weighted by Crippen LogP contribution is -2.28. The molecule has 0 bridgehead atoms. The predicted octanol–water partition coefficient (Wildman–Crippen LogP) is 4.74. The highest BCUT2D eigenvalue weighted by Crippen LogP contribution is 2.38. The number of hydrogen-bond donors (Lipinski definition) is 1.